The van der Waals surface area contributed by atoms with Crippen LogP contribution in [0.15, 0.2) is 60.4 Å². The van der Waals surface area contributed by atoms with Crippen molar-refractivity contribution in [3.8, 4) is 0 Å². The van der Waals surface area contributed by atoms with E-state index in [1.807, 2.05) is 30.4 Å². The maximum atomic E-state index is 15.7. The molecular formula is C67H97I6N10O8S2+3. The van der Waals surface area contributed by atoms with E-state index < -0.39 is 48.5 Å². The van der Waals surface area contributed by atoms with Crippen LogP contribution >= 0.6 is 136 Å². The molecule has 3 atom stereocenters. The van der Waals surface area contributed by atoms with Crippen LogP contribution in [0.4, 0.5) is 11.4 Å². The van der Waals surface area contributed by atoms with Crippen LogP contribution in [0.1, 0.15) is 96.1 Å². The Balaban J connectivity index is 0.888. The van der Waals surface area contributed by atoms with E-state index in [1.165, 1.54) is 80.0 Å². The molecule has 0 aromatic heterocycles. The molecule has 26 heteroatoms. The molecule has 0 bridgehead atoms. The van der Waals surface area contributed by atoms with Crippen LogP contribution in [0.25, 0.3) is 0 Å². The Bertz CT molecular complexity index is 3460. The van der Waals surface area contributed by atoms with E-state index in [-0.39, 0.29) is 31.2 Å². The molecule has 3 unspecified atom stereocenters. The second-order valence-corrected chi connectivity index (χ2v) is 38.0. The van der Waals surface area contributed by atoms with Crippen LogP contribution in [-0.4, -0.2) is 257 Å². The van der Waals surface area contributed by atoms with Crippen LogP contribution in [0, 0.1) is 27.3 Å². The number of nitrogens with one attached hydrogen (secondary N) is 2. The summed E-state index contributed by atoms with van der Waals surface area (Å²) in [6.45, 7) is 33.4. The molecule has 2 N–H and O–H groups in total. The summed E-state index contributed by atoms with van der Waals surface area (Å²) < 4.78 is 86.4. The van der Waals surface area contributed by atoms with E-state index in [2.05, 4.69) is 211 Å². The molecule has 2 aromatic carbocycles. The maximum absolute atomic E-state index is 15.7. The predicted octanol–water partition coefficient (Wildman–Crippen LogP) is 8.81. The molecule has 4 spiro atoms. The third-order valence-electron chi connectivity index (χ3n) is 22.8. The van der Waals surface area contributed by atoms with Crippen molar-refractivity contribution in [1.82, 2.24) is 20.4 Å². The summed E-state index contributed by atoms with van der Waals surface area (Å²) in [5.41, 5.74) is 4.89. The van der Waals surface area contributed by atoms with Gasteiger partial charge in [0.05, 0.1) is 116 Å². The highest BCUT2D eigenvalue weighted by Crippen LogP contribution is 2.57. The first-order valence-corrected chi connectivity index (χ1v) is 43.6. The number of halogens is 6. The van der Waals surface area contributed by atoms with E-state index in [9.17, 15) is 30.7 Å². The Morgan fingerprint density at radius 3 is 1.65 bits per heavy atom. The van der Waals surface area contributed by atoms with Crippen molar-refractivity contribution < 1.29 is 58.0 Å². The lowest BCUT2D eigenvalue weighted by molar-refractivity contribution is -1.03. The molecule has 8 heterocycles. The van der Waals surface area contributed by atoms with Gasteiger partial charge < -0.3 is 52.4 Å². The molecule has 2 aromatic rings. The van der Waals surface area contributed by atoms with Gasteiger partial charge in [0.15, 0.2) is 5.71 Å². The quantitative estimate of drug-likeness (QED) is 0.0206. The van der Waals surface area contributed by atoms with Crippen LogP contribution in [-0.2, 0) is 40.7 Å². The Labute approximate surface area is 636 Å². The fourth-order valence-corrected chi connectivity index (χ4v) is 23.2. The molecule has 8 aliphatic heterocycles. The maximum Gasteiger partial charge on any atom is 0.227 e. The number of rotatable bonds is 23. The van der Waals surface area contributed by atoms with Crippen molar-refractivity contribution >= 4 is 185 Å². The van der Waals surface area contributed by atoms with Gasteiger partial charge in [0.25, 0.3) is 0 Å². The summed E-state index contributed by atoms with van der Waals surface area (Å²) in [6, 6.07) is 4.36. The molecule has 6 saturated heterocycles. The predicted molar refractivity (Wildman–Crippen MR) is 419 cm³/mol. The lowest BCUT2D eigenvalue weighted by atomic mass is 9.68. The molecule has 93 heavy (non-hydrogen) atoms. The minimum atomic E-state index is -4.49. The van der Waals surface area contributed by atoms with Crippen molar-refractivity contribution in [2.75, 3.05) is 187 Å². The number of hydrogen-bond donors (Lipinski definition) is 2. The summed E-state index contributed by atoms with van der Waals surface area (Å²) in [5.74, 6) is -0.933. The number of unbranched alkanes of at least 4 members (excludes halogenated alkanes) is 3. The fourth-order valence-electron chi connectivity index (χ4n) is 16.9. The number of benzene rings is 2. The minimum absolute atomic E-state index is 0.127. The molecule has 514 valence electrons. The normalized spacial score (nSPS) is 25.3. The molecule has 0 aliphatic carbocycles. The molecule has 8 aliphatic rings. The van der Waals surface area contributed by atoms with Gasteiger partial charge in [-0.15, -0.1) is 0 Å². The zero-order valence-corrected chi connectivity index (χ0v) is 69.1. The SMILES string of the molecule is CCCCC(C(=O)N1CC[N+]2(CC1)CC[N+]1(CCNCC1)CC2)C1(C)/C(=C/C=C/C=C/C=C/C2=[N+](CCCS(=O)(=O)[O-])c3cc(I)c(I)c(I)c3C2(C)CCCCCC(=O)N2CC[N+]3(CC2)CC[N+]2(CCNCC2)CC3)N(CCCS(=O)(=O)[O-])c2cc(I)c(I)c(I)c21. The number of fused-ring (bicyclic) bond motifs is 2. The van der Waals surface area contributed by atoms with Crippen molar-refractivity contribution in [3.63, 3.8) is 0 Å². The molecule has 0 saturated carbocycles. The average Bonchev–Trinajstić information content (AvgIpc) is 1.57. The van der Waals surface area contributed by atoms with Crippen molar-refractivity contribution in [2.24, 2.45) is 5.92 Å². The standard InChI is InChI=1S/C67H97I6N10O8S2/c1-4-5-16-51(65(85)77-29-37-83(38-30-77)45-41-81(42-46-83)33-23-75-24-34-81)67(3)57(79(26-15-48-93(89,90)91)55-50-53(69)62(71)64(73)60(55)67)18-11-8-6-7-10-17-56-66(2,59-54(49-52(68)61(70)63(59)72)78(56)25-14-47-92(86,87)88)20-13-9-12-19-58(84)76-27-35-82(36-28-76)43-39-80(40-44-82)31-21-74-22-32-80/h6-8,10-11,17-18,49-51,74-75H,4-5,9,12-16,19-48H2,1-3H3/q+3. The Morgan fingerprint density at radius 2 is 1.10 bits per heavy atom. The second-order valence-electron chi connectivity index (χ2n) is 28.3. The number of hydrogen-bond acceptors (Lipinski definition) is 11. The Morgan fingerprint density at radius 1 is 0.602 bits per heavy atom. The highest BCUT2D eigenvalue weighted by atomic mass is 127. The first-order valence-electron chi connectivity index (χ1n) is 34.0. The van der Waals surface area contributed by atoms with Gasteiger partial charge in [0.1, 0.15) is 58.9 Å². The van der Waals surface area contributed by atoms with E-state index >= 15 is 4.79 Å². The van der Waals surface area contributed by atoms with Crippen LogP contribution in [0.2, 0.25) is 0 Å². The zero-order valence-electron chi connectivity index (χ0n) is 54.6. The van der Waals surface area contributed by atoms with Gasteiger partial charge in [-0.25, -0.2) is 16.8 Å². The monoisotopic (exact) mass is 2000 g/mol. The van der Waals surface area contributed by atoms with Crippen LogP contribution in [0.5, 0.6) is 0 Å². The van der Waals surface area contributed by atoms with Crippen molar-refractivity contribution in [1.29, 1.82) is 0 Å². The van der Waals surface area contributed by atoms with Crippen molar-refractivity contribution in [2.45, 2.75) is 95.8 Å². The molecule has 18 nitrogen and oxygen atoms in total. The van der Waals surface area contributed by atoms with Gasteiger partial charge in [0.2, 0.25) is 17.5 Å². The van der Waals surface area contributed by atoms with Crippen molar-refractivity contribution in [3.05, 3.63) is 92.9 Å². The molecule has 0 radical (unpaired) electrons. The summed E-state index contributed by atoms with van der Waals surface area (Å²) >= 11 is 14.5. The topological polar surface area (TPSA) is 185 Å². The van der Waals surface area contributed by atoms with Gasteiger partial charge >= 0.3 is 0 Å². The lowest BCUT2D eigenvalue weighted by Gasteiger charge is -2.53. The van der Waals surface area contributed by atoms with Crippen LogP contribution in [0.3, 0.4) is 0 Å². The first kappa shape index (κ1) is 75.4. The third-order valence-corrected chi connectivity index (χ3v) is 34.6. The summed E-state index contributed by atoms with van der Waals surface area (Å²) in [6.07, 6.45) is 21.0. The Hall–Kier alpha value is -0.230. The first-order chi connectivity index (χ1) is 44.2. The summed E-state index contributed by atoms with van der Waals surface area (Å²) in [7, 11) is -8.94. The van der Waals surface area contributed by atoms with Gasteiger partial charge in [-0.3, -0.25) is 9.59 Å². The number of carbonyl (C=O) groups is 2. The summed E-state index contributed by atoms with van der Waals surface area (Å²) in [4.78, 5) is 36.0. The van der Waals surface area contributed by atoms with E-state index in [4.69, 9.17) is 0 Å². The number of allylic oxidation sites excluding steroid dienone is 8. The second kappa shape index (κ2) is 32.0. The zero-order chi connectivity index (χ0) is 66.6. The number of nitrogens with zero attached hydrogens (tertiary/aromatic N) is 8. The summed E-state index contributed by atoms with van der Waals surface area (Å²) in [5, 5.41) is 7.10. The lowest BCUT2D eigenvalue weighted by Crippen LogP contribution is -2.73. The minimum Gasteiger partial charge on any atom is -0.748 e. The number of amides is 2. The third kappa shape index (κ3) is 17.3. The van der Waals surface area contributed by atoms with Gasteiger partial charge in [-0.05, 0) is 187 Å². The number of piperazine rings is 6. The highest BCUT2D eigenvalue weighted by Gasteiger charge is 2.55. The number of quaternary nitrogens is 4. The Kier molecular flexibility index (Phi) is 25.9. The smallest absolute Gasteiger partial charge is 0.227 e. The van der Waals surface area contributed by atoms with Gasteiger partial charge in [-0.2, -0.15) is 4.58 Å². The molecule has 6 fully saturated rings. The number of anilines is 1. The van der Waals surface area contributed by atoms with E-state index in [1.54, 1.807) is 0 Å². The largest absolute Gasteiger partial charge is 0.748 e. The molecular weight excluding hydrogens is 1900 g/mol. The van der Waals surface area contributed by atoms with E-state index in [0.29, 0.717) is 19.4 Å². The van der Waals surface area contributed by atoms with Gasteiger partial charge in [0, 0.05) is 113 Å². The average molecular weight is 2000 g/mol. The number of carbonyl (C=O) groups excluding carboxylic acids is 2. The van der Waals surface area contributed by atoms with Gasteiger partial charge in [-0.1, -0.05) is 63.0 Å². The highest BCUT2D eigenvalue weighted by molar-refractivity contribution is 14.1. The molecule has 2 amide bonds. The fraction of sp³-hybridized carbons (Fsp3) is 0.657. The molecule has 10 rings (SSSR count). The van der Waals surface area contributed by atoms with Crippen LogP contribution < -0.4 is 15.5 Å². The van der Waals surface area contributed by atoms with E-state index in [0.717, 1.165) is 189 Å².